The molecule has 3 rings (SSSR count). The second-order valence-electron chi connectivity index (χ2n) is 6.53. The summed E-state index contributed by atoms with van der Waals surface area (Å²) in [5.41, 5.74) is 1.29. The van der Waals surface area contributed by atoms with Gasteiger partial charge in [-0.3, -0.25) is 24.9 Å². The fourth-order valence-electron chi connectivity index (χ4n) is 3.32. The number of carbonyl (C=O) groups excluding carboxylic acids is 2. The van der Waals surface area contributed by atoms with Crippen LogP contribution in [0, 0.1) is 23.0 Å². The molecule has 146 valence electrons. The van der Waals surface area contributed by atoms with Gasteiger partial charge in [-0.05, 0) is 43.2 Å². The van der Waals surface area contributed by atoms with Crippen LogP contribution in [0.15, 0.2) is 42.5 Å². The van der Waals surface area contributed by atoms with Crippen molar-refractivity contribution in [2.24, 2.45) is 5.92 Å². The maximum Gasteiger partial charge on any atom is 0.317 e. The molecule has 28 heavy (non-hydrogen) atoms. The molecule has 1 aliphatic carbocycles. The lowest BCUT2D eigenvalue weighted by molar-refractivity contribution is -0.385. The van der Waals surface area contributed by atoms with Gasteiger partial charge in [0.15, 0.2) is 0 Å². The monoisotopic (exact) mass is 386 g/mol. The van der Waals surface area contributed by atoms with E-state index in [9.17, 15) is 19.7 Å². The number of ether oxygens (including phenoxy) is 2. The van der Waals surface area contributed by atoms with E-state index in [1.165, 1.54) is 13.2 Å². The molecule has 2 atom stereocenters. The summed E-state index contributed by atoms with van der Waals surface area (Å²) in [6.45, 7) is 1.63. The Labute approximate surface area is 160 Å². The molecular formula is C19H18N2O7. The van der Waals surface area contributed by atoms with E-state index in [-0.39, 0.29) is 17.9 Å². The highest BCUT2D eigenvalue weighted by atomic mass is 16.6. The smallest absolute Gasteiger partial charge is 0.317 e. The van der Waals surface area contributed by atoms with Crippen molar-refractivity contribution in [1.82, 2.24) is 5.48 Å². The number of carbonyl (C=O) groups is 2. The predicted octanol–water partition coefficient (Wildman–Crippen LogP) is 2.63. The number of nitrogens with zero attached hydrogens (tertiary/aromatic N) is 1. The fraction of sp³-hybridized carbons (Fsp3) is 0.263. The molecular weight excluding hydrogens is 368 g/mol. The normalized spacial score (nSPS) is 20.2. The Balaban J connectivity index is 1.92. The first-order valence-corrected chi connectivity index (χ1v) is 8.39. The van der Waals surface area contributed by atoms with Crippen molar-refractivity contribution in [3.63, 3.8) is 0 Å². The number of hydroxylamine groups is 1. The lowest BCUT2D eigenvalue weighted by atomic mass is 9.92. The van der Waals surface area contributed by atoms with Crippen molar-refractivity contribution in [1.29, 1.82) is 0 Å². The summed E-state index contributed by atoms with van der Waals surface area (Å²) in [5.74, 6) is -1.42. The Morgan fingerprint density at radius 2 is 1.96 bits per heavy atom. The van der Waals surface area contributed by atoms with E-state index in [0.29, 0.717) is 16.9 Å². The molecule has 0 heterocycles. The Morgan fingerprint density at radius 1 is 1.25 bits per heavy atom. The lowest BCUT2D eigenvalue weighted by Gasteiger charge is -2.16. The topological polar surface area (TPSA) is 128 Å². The third-order valence-electron chi connectivity index (χ3n) is 4.90. The van der Waals surface area contributed by atoms with Crippen LogP contribution >= 0.6 is 0 Å². The number of methoxy groups -OCH3 is 1. The first-order chi connectivity index (χ1) is 13.3. The van der Waals surface area contributed by atoms with E-state index in [1.54, 1.807) is 48.8 Å². The molecule has 0 aromatic heterocycles. The van der Waals surface area contributed by atoms with E-state index in [0.717, 1.165) is 0 Å². The third kappa shape index (κ3) is 3.27. The number of hydrogen-bond acceptors (Lipinski definition) is 7. The molecule has 9 nitrogen and oxygen atoms in total. The summed E-state index contributed by atoms with van der Waals surface area (Å²) in [4.78, 5) is 34.8. The van der Waals surface area contributed by atoms with Gasteiger partial charge in [-0.15, -0.1) is 0 Å². The Morgan fingerprint density at radius 3 is 2.61 bits per heavy atom. The van der Waals surface area contributed by atoms with Crippen molar-refractivity contribution in [3.05, 3.63) is 63.7 Å². The van der Waals surface area contributed by atoms with Crippen LogP contribution < -0.4 is 10.2 Å². The van der Waals surface area contributed by atoms with Gasteiger partial charge in [-0.2, -0.15) is 0 Å². The second-order valence-corrected chi connectivity index (χ2v) is 6.53. The Hall–Kier alpha value is -3.46. The molecule has 1 amide bonds. The summed E-state index contributed by atoms with van der Waals surface area (Å²) >= 11 is 0. The summed E-state index contributed by atoms with van der Waals surface area (Å²) in [6, 6.07) is 11.0. The molecule has 0 bridgehead atoms. The largest absolute Gasteiger partial charge is 0.468 e. The maximum absolute atomic E-state index is 12.4. The summed E-state index contributed by atoms with van der Waals surface area (Å²) < 4.78 is 10.6. The highest BCUT2D eigenvalue weighted by Gasteiger charge is 2.65. The first-order valence-electron chi connectivity index (χ1n) is 8.39. The number of benzene rings is 2. The number of rotatable bonds is 6. The van der Waals surface area contributed by atoms with E-state index in [4.69, 9.17) is 14.7 Å². The highest BCUT2D eigenvalue weighted by Crippen LogP contribution is 2.55. The van der Waals surface area contributed by atoms with Crippen LogP contribution in [0.3, 0.4) is 0 Å². The first kappa shape index (κ1) is 19.3. The number of hydrogen-bond donors (Lipinski definition) is 2. The van der Waals surface area contributed by atoms with Crippen molar-refractivity contribution in [3.8, 4) is 11.5 Å². The minimum Gasteiger partial charge on any atom is -0.468 e. The molecule has 1 aliphatic rings. The van der Waals surface area contributed by atoms with Crippen LogP contribution in [0.25, 0.3) is 0 Å². The molecule has 0 unspecified atom stereocenters. The van der Waals surface area contributed by atoms with Gasteiger partial charge < -0.3 is 9.47 Å². The number of amides is 1. The van der Waals surface area contributed by atoms with Crippen LogP contribution in [0.2, 0.25) is 0 Å². The predicted molar refractivity (Wildman–Crippen MR) is 96.1 cm³/mol. The molecule has 0 radical (unpaired) electrons. The van der Waals surface area contributed by atoms with E-state index in [1.807, 2.05) is 0 Å². The standard InChI is InChI=1S/C19H18N2O7/c1-11-6-7-14(9-16(11)21(25)26)28-13-5-3-4-12(8-13)19(18(23)27-2)10-15(19)17(22)20-24/h3-9,15,24H,10H2,1-2H3,(H,20,22)/t15-,19-/m0/s1. The minimum absolute atomic E-state index is 0.0680. The average Bonchev–Trinajstić information content (AvgIpc) is 3.45. The van der Waals surface area contributed by atoms with Crippen molar-refractivity contribution < 1.29 is 29.2 Å². The summed E-state index contributed by atoms with van der Waals surface area (Å²) in [5, 5.41) is 20.0. The van der Waals surface area contributed by atoms with E-state index in [2.05, 4.69) is 0 Å². The fourth-order valence-corrected chi connectivity index (χ4v) is 3.32. The third-order valence-corrected chi connectivity index (χ3v) is 4.90. The zero-order valence-corrected chi connectivity index (χ0v) is 15.2. The van der Waals surface area contributed by atoms with E-state index < -0.39 is 28.1 Å². The number of esters is 1. The Kier molecular flexibility index (Phi) is 5.02. The molecule has 0 aliphatic heterocycles. The van der Waals surface area contributed by atoms with Gasteiger partial charge in [0.05, 0.1) is 24.0 Å². The van der Waals surface area contributed by atoms with Crippen LogP contribution in [-0.2, 0) is 19.7 Å². The molecule has 2 aromatic rings. The summed E-state index contributed by atoms with van der Waals surface area (Å²) in [7, 11) is 1.22. The zero-order valence-electron chi connectivity index (χ0n) is 15.2. The number of nitro groups is 1. The molecule has 1 saturated carbocycles. The van der Waals surface area contributed by atoms with Gasteiger partial charge in [0, 0.05) is 5.56 Å². The number of aryl methyl sites for hydroxylation is 1. The molecule has 9 heteroatoms. The number of nitro benzene ring substituents is 1. The number of nitrogens with one attached hydrogen (secondary N) is 1. The van der Waals surface area contributed by atoms with Crippen LogP contribution in [0.4, 0.5) is 5.69 Å². The van der Waals surface area contributed by atoms with Crippen LogP contribution in [-0.4, -0.2) is 29.1 Å². The molecule has 1 fully saturated rings. The minimum atomic E-state index is -1.21. The second kappa shape index (κ2) is 7.28. The summed E-state index contributed by atoms with van der Waals surface area (Å²) in [6.07, 6.45) is 0.186. The van der Waals surface area contributed by atoms with Gasteiger partial charge in [-0.25, -0.2) is 5.48 Å². The quantitative estimate of drug-likeness (QED) is 0.338. The van der Waals surface area contributed by atoms with Gasteiger partial charge in [-0.1, -0.05) is 12.1 Å². The van der Waals surface area contributed by atoms with Crippen LogP contribution in [0.1, 0.15) is 17.5 Å². The highest BCUT2D eigenvalue weighted by molar-refractivity contribution is 5.97. The van der Waals surface area contributed by atoms with Gasteiger partial charge in [0.2, 0.25) is 5.91 Å². The molecule has 2 N–H and O–H groups in total. The lowest BCUT2D eigenvalue weighted by Crippen LogP contribution is -2.31. The SMILES string of the molecule is COC(=O)[C@]1(c2cccc(Oc3ccc(C)c([N+](=O)[O-])c3)c2)C[C@H]1C(=O)NO. The van der Waals surface area contributed by atoms with Crippen molar-refractivity contribution in [2.75, 3.05) is 7.11 Å². The maximum atomic E-state index is 12.4. The van der Waals surface area contributed by atoms with Gasteiger partial charge in [0.1, 0.15) is 16.9 Å². The Bertz CT molecular complexity index is 959. The molecule has 0 spiro atoms. The average molecular weight is 386 g/mol. The zero-order chi connectivity index (χ0) is 20.5. The van der Waals surface area contributed by atoms with Crippen molar-refractivity contribution in [2.45, 2.75) is 18.8 Å². The van der Waals surface area contributed by atoms with Gasteiger partial charge in [0.25, 0.3) is 5.69 Å². The molecule has 2 aromatic carbocycles. The van der Waals surface area contributed by atoms with Gasteiger partial charge >= 0.3 is 5.97 Å². The van der Waals surface area contributed by atoms with Crippen LogP contribution in [0.5, 0.6) is 11.5 Å². The van der Waals surface area contributed by atoms with Crippen molar-refractivity contribution >= 4 is 17.6 Å². The molecule has 0 saturated heterocycles. The van der Waals surface area contributed by atoms with E-state index >= 15 is 0 Å².